The molecule has 0 spiro atoms. The fraction of sp³-hybridized carbons (Fsp3) is 0.316. The van der Waals surface area contributed by atoms with Gasteiger partial charge in [-0.25, -0.2) is 8.42 Å². The monoisotopic (exact) mass is 533 g/mol. The van der Waals surface area contributed by atoms with Crippen LogP contribution in [0.3, 0.4) is 0 Å². The number of aryl methyl sites for hydroxylation is 1. The summed E-state index contributed by atoms with van der Waals surface area (Å²) in [4.78, 5) is 10.4. The molecule has 0 fully saturated rings. The Bertz CT molecular complexity index is 1270. The van der Waals surface area contributed by atoms with Crippen molar-refractivity contribution in [2.24, 2.45) is 0 Å². The average Bonchev–Trinajstić information content (AvgIpc) is 2.68. The molecule has 0 bridgehead atoms. The zero-order chi connectivity index (χ0) is 26.1. The number of sulfone groups is 1. The van der Waals surface area contributed by atoms with E-state index in [-0.39, 0.29) is 21.8 Å². The van der Waals surface area contributed by atoms with Crippen LogP contribution in [0.25, 0.3) is 0 Å². The minimum atomic E-state index is -5.94. The first-order chi connectivity index (χ1) is 15.3. The summed E-state index contributed by atoms with van der Waals surface area (Å²) < 4.78 is 126. The first-order valence-electron chi connectivity index (χ1n) is 9.18. The van der Waals surface area contributed by atoms with E-state index in [0.29, 0.717) is 5.56 Å². The Kier molecular flexibility index (Phi) is 7.62. The summed E-state index contributed by atoms with van der Waals surface area (Å²) in [6.45, 7) is 2.49. The van der Waals surface area contributed by atoms with Gasteiger partial charge in [-0.1, -0.05) is 12.1 Å². The van der Waals surface area contributed by atoms with Gasteiger partial charge in [0.15, 0.2) is 0 Å². The number of halogens is 6. The zero-order valence-electron chi connectivity index (χ0n) is 17.4. The van der Waals surface area contributed by atoms with Gasteiger partial charge in [-0.15, -0.1) is 0 Å². The first-order valence-corrected chi connectivity index (χ1v) is 12.1. The molecule has 0 saturated heterocycles. The number of hydrogen-bond acceptors (Lipinski definition) is 6. The average molecular weight is 533 g/mol. The van der Waals surface area contributed by atoms with Gasteiger partial charge in [0.1, 0.15) is 5.75 Å². The van der Waals surface area contributed by atoms with Gasteiger partial charge in [-0.2, -0.15) is 34.8 Å². The van der Waals surface area contributed by atoms with Gasteiger partial charge in [0.25, 0.3) is 0 Å². The summed E-state index contributed by atoms with van der Waals surface area (Å²) in [5.74, 6) is -2.81. The third-order valence-corrected chi connectivity index (χ3v) is 7.08. The lowest BCUT2D eigenvalue weighted by molar-refractivity contribution is -0.174. The predicted molar refractivity (Wildman–Crippen MR) is 106 cm³/mol. The summed E-state index contributed by atoms with van der Waals surface area (Å²) >= 11 is 0. The van der Waals surface area contributed by atoms with E-state index >= 15 is 0 Å². The molecule has 0 unspecified atom stereocenters. The van der Waals surface area contributed by atoms with Crippen LogP contribution in [0.1, 0.15) is 18.1 Å². The number of carbonyl (C=O) groups is 1. The van der Waals surface area contributed by atoms with Crippen LogP contribution >= 0.6 is 0 Å². The number of hydrogen-bond donors (Lipinski definition) is 1. The minimum Gasteiger partial charge on any atom is -0.376 e. The van der Waals surface area contributed by atoms with Gasteiger partial charge in [-0.05, 0) is 61.7 Å². The maximum Gasteiger partial charge on any atom is 0.534 e. The van der Waals surface area contributed by atoms with Crippen LogP contribution in [0.15, 0.2) is 52.3 Å². The minimum absolute atomic E-state index is 0.0268. The molecular formula is C19H17F6NO6S2. The Hall–Kier alpha value is -2.81. The van der Waals surface area contributed by atoms with Crippen LogP contribution in [0.2, 0.25) is 0 Å². The van der Waals surface area contributed by atoms with Gasteiger partial charge < -0.3 is 9.50 Å². The maximum absolute atomic E-state index is 12.8. The Labute approximate surface area is 190 Å². The lowest BCUT2D eigenvalue weighted by Gasteiger charge is -2.15. The molecule has 0 aliphatic rings. The third kappa shape index (κ3) is 6.40. The van der Waals surface area contributed by atoms with Crippen LogP contribution in [-0.2, 0) is 31.2 Å². The Morgan fingerprint density at radius 3 is 1.94 bits per heavy atom. The molecule has 2 aromatic rings. The molecule has 7 nitrogen and oxygen atoms in total. The summed E-state index contributed by atoms with van der Waals surface area (Å²) in [7, 11) is -10.1. The lowest BCUT2D eigenvalue weighted by Crippen LogP contribution is -2.42. The summed E-state index contributed by atoms with van der Waals surface area (Å²) in [5, 5.41) is 1.77. The molecule has 2 rings (SSSR count). The van der Waals surface area contributed by atoms with Crippen molar-refractivity contribution in [2.75, 3.05) is 0 Å². The van der Waals surface area contributed by atoms with E-state index in [1.807, 2.05) is 0 Å². The molecular weight excluding hydrogens is 516 g/mol. The van der Waals surface area contributed by atoms with Gasteiger partial charge in [0.2, 0.25) is 9.84 Å². The van der Waals surface area contributed by atoms with Crippen molar-refractivity contribution in [1.82, 2.24) is 5.32 Å². The first kappa shape index (κ1) is 27.4. The Morgan fingerprint density at radius 1 is 0.941 bits per heavy atom. The number of rotatable bonds is 7. The molecule has 1 N–H and O–H groups in total. The SMILES string of the molecule is Cc1cc(S(=O)(=O)c2ccc(C[C@@H](C)NC(=O)C(F)(F)F)cc2)ccc1OS(=O)(=O)C(F)(F)F. The molecule has 1 atom stereocenters. The Balaban J connectivity index is 2.20. The van der Waals surface area contributed by atoms with E-state index in [1.54, 1.807) is 5.32 Å². The molecule has 2 aromatic carbocycles. The molecule has 0 aliphatic heterocycles. The predicted octanol–water partition coefficient (Wildman–Crippen LogP) is 3.67. The normalized spacial score (nSPS) is 13.9. The van der Waals surface area contributed by atoms with Crippen molar-refractivity contribution in [1.29, 1.82) is 0 Å². The fourth-order valence-electron chi connectivity index (χ4n) is 2.70. The van der Waals surface area contributed by atoms with Crippen LogP contribution < -0.4 is 9.50 Å². The van der Waals surface area contributed by atoms with Crippen LogP contribution in [0.4, 0.5) is 26.3 Å². The maximum atomic E-state index is 12.8. The van der Waals surface area contributed by atoms with Crippen molar-refractivity contribution in [2.45, 2.75) is 47.8 Å². The molecule has 0 aromatic heterocycles. The molecule has 0 saturated carbocycles. The molecule has 188 valence electrons. The smallest absolute Gasteiger partial charge is 0.376 e. The molecule has 34 heavy (non-hydrogen) atoms. The highest BCUT2D eigenvalue weighted by Gasteiger charge is 2.48. The highest BCUT2D eigenvalue weighted by atomic mass is 32.2. The summed E-state index contributed by atoms with van der Waals surface area (Å²) in [6.07, 6.45) is -5.07. The summed E-state index contributed by atoms with van der Waals surface area (Å²) in [6, 6.07) is 6.64. The van der Waals surface area contributed by atoms with Crippen molar-refractivity contribution in [3.63, 3.8) is 0 Å². The van der Waals surface area contributed by atoms with Gasteiger partial charge in [-0.3, -0.25) is 4.79 Å². The van der Waals surface area contributed by atoms with Crippen molar-refractivity contribution in [3.8, 4) is 5.75 Å². The van der Waals surface area contributed by atoms with Crippen LogP contribution in [0, 0.1) is 6.92 Å². The largest absolute Gasteiger partial charge is 0.534 e. The quantitative estimate of drug-likeness (QED) is 0.331. The van der Waals surface area contributed by atoms with Gasteiger partial charge in [0.05, 0.1) is 9.79 Å². The number of carbonyl (C=O) groups excluding carboxylic acids is 1. The van der Waals surface area contributed by atoms with Crippen LogP contribution in [0.5, 0.6) is 5.75 Å². The number of amides is 1. The standard InChI is InChI=1S/C19H17F6NO6S2/c1-11-9-15(7-8-16(11)32-34(30,31)19(23,24)25)33(28,29)14-5-3-13(4-6-14)10-12(2)26-17(27)18(20,21)22/h3-9,12H,10H2,1-2H3,(H,26,27)/t12-/m1/s1. The molecule has 1 amide bonds. The van der Waals surface area contributed by atoms with E-state index in [2.05, 4.69) is 4.18 Å². The van der Waals surface area contributed by atoms with E-state index in [4.69, 9.17) is 0 Å². The van der Waals surface area contributed by atoms with Crippen molar-refractivity contribution in [3.05, 3.63) is 53.6 Å². The topological polar surface area (TPSA) is 107 Å². The lowest BCUT2D eigenvalue weighted by atomic mass is 10.1. The van der Waals surface area contributed by atoms with E-state index < -0.39 is 49.3 Å². The number of benzene rings is 2. The molecule has 0 aliphatic carbocycles. The van der Waals surface area contributed by atoms with E-state index in [1.165, 1.54) is 19.1 Å². The Morgan fingerprint density at radius 2 is 1.47 bits per heavy atom. The number of alkyl halides is 6. The second-order valence-electron chi connectivity index (χ2n) is 7.13. The van der Waals surface area contributed by atoms with E-state index in [0.717, 1.165) is 37.3 Å². The van der Waals surface area contributed by atoms with E-state index in [9.17, 15) is 48.0 Å². The molecule has 0 heterocycles. The highest BCUT2D eigenvalue weighted by molar-refractivity contribution is 7.91. The molecule has 15 heteroatoms. The second-order valence-corrected chi connectivity index (χ2v) is 10.6. The summed E-state index contributed by atoms with van der Waals surface area (Å²) in [5.41, 5.74) is -5.44. The zero-order valence-corrected chi connectivity index (χ0v) is 19.0. The number of nitrogens with one attached hydrogen (secondary N) is 1. The van der Waals surface area contributed by atoms with Crippen LogP contribution in [-0.4, -0.2) is 40.5 Å². The van der Waals surface area contributed by atoms with Crippen molar-refractivity contribution < 1.29 is 52.2 Å². The highest BCUT2D eigenvalue weighted by Crippen LogP contribution is 2.31. The van der Waals surface area contributed by atoms with Gasteiger partial charge >= 0.3 is 27.7 Å². The molecule has 0 radical (unpaired) electrons. The second kappa shape index (κ2) is 9.44. The van der Waals surface area contributed by atoms with Crippen molar-refractivity contribution >= 4 is 25.9 Å². The third-order valence-electron chi connectivity index (χ3n) is 4.35. The fourth-order valence-corrected chi connectivity index (χ4v) is 4.56. The van der Waals surface area contributed by atoms with Gasteiger partial charge in [0, 0.05) is 6.04 Å².